The molecule has 1 saturated heterocycles. The van der Waals surface area contributed by atoms with E-state index >= 15 is 0 Å². The number of likely N-dealkylation sites (N-methyl/N-ethyl adjacent to an activating group) is 2. The Morgan fingerprint density at radius 2 is 2.09 bits per heavy atom. The molecule has 0 unspecified atom stereocenters. The standard InChI is InChI=1S/C24H39ClN4O5/c1-26-16-21(14-18-6-5-12-33-17-18)27-23(30)28(2)10-9-22(19-7-4-8-20(25)15-19)34-13-11-29(3)24(31)32/h4,7-8,15,18,21-22,26H,5-6,9-14,16-17H2,1-3H3,(H,27,30)(H,31,32)/t18-,21+,22-/m1/s1. The third-order valence-electron chi connectivity index (χ3n) is 6.02. The Bertz CT molecular complexity index is 763. The lowest BCUT2D eigenvalue weighted by Gasteiger charge is -2.29. The van der Waals surface area contributed by atoms with Gasteiger partial charge in [0.15, 0.2) is 0 Å². The molecule has 10 heteroatoms. The van der Waals surface area contributed by atoms with Crippen LogP contribution >= 0.6 is 11.6 Å². The van der Waals surface area contributed by atoms with Crippen molar-refractivity contribution in [1.29, 1.82) is 0 Å². The van der Waals surface area contributed by atoms with Crippen LogP contribution in [-0.2, 0) is 9.47 Å². The van der Waals surface area contributed by atoms with Crippen LogP contribution in [0.15, 0.2) is 24.3 Å². The summed E-state index contributed by atoms with van der Waals surface area (Å²) in [5.74, 6) is 0.460. The van der Waals surface area contributed by atoms with Gasteiger partial charge in [-0.05, 0) is 56.3 Å². The van der Waals surface area contributed by atoms with Gasteiger partial charge < -0.3 is 35.0 Å². The van der Waals surface area contributed by atoms with E-state index in [9.17, 15) is 9.59 Å². The Morgan fingerprint density at radius 3 is 2.74 bits per heavy atom. The van der Waals surface area contributed by atoms with Crippen LogP contribution in [0, 0.1) is 5.92 Å². The Morgan fingerprint density at radius 1 is 1.29 bits per heavy atom. The first-order chi connectivity index (χ1) is 16.3. The Hall–Kier alpha value is -2.07. The Kier molecular flexibility index (Phi) is 12.5. The van der Waals surface area contributed by atoms with E-state index in [0.29, 0.717) is 30.5 Å². The molecule has 1 fully saturated rings. The second kappa shape index (κ2) is 15.0. The van der Waals surface area contributed by atoms with Crippen LogP contribution in [0.2, 0.25) is 5.02 Å². The quantitative estimate of drug-likeness (QED) is 0.385. The molecule has 0 radical (unpaired) electrons. The molecule has 0 aliphatic carbocycles. The largest absolute Gasteiger partial charge is 0.465 e. The maximum Gasteiger partial charge on any atom is 0.407 e. The fourth-order valence-electron chi connectivity index (χ4n) is 4.01. The molecule has 3 N–H and O–H groups in total. The van der Waals surface area contributed by atoms with Gasteiger partial charge in [-0.3, -0.25) is 0 Å². The number of halogens is 1. The van der Waals surface area contributed by atoms with E-state index in [2.05, 4.69) is 10.6 Å². The van der Waals surface area contributed by atoms with E-state index < -0.39 is 6.09 Å². The first-order valence-corrected chi connectivity index (χ1v) is 12.2. The monoisotopic (exact) mass is 498 g/mol. The lowest BCUT2D eigenvalue weighted by atomic mass is 9.94. The average Bonchev–Trinajstić information content (AvgIpc) is 2.81. The van der Waals surface area contributed by atoms with Crippen molar-refractivity contribution in [3.8, 4) is 0 Å². The fourth-order valence-corrected chi connectivity index (χ4v) is 4.21. The number of hydrogen-bond donors (Lipinski definition) is 3. The number of nitrogens with zero attached hydrogens (tertiary/aromatic N) is 2. The minimum Gasteiger partial charge on any atom is -0.465 e. The van der Waals surface area contributed by atoms with Gasteiger partial charge in [0, 0.05) is 58.0 Å². The van der Waals surface area contributed by atoms with Gasteiger partial charge in [0.05, 0.1) is 12.7 Å². The lowest BCUT2D eigenvalue weighted by molar-refractivity contribution is 0.0317. The zero-order valence-corrected chi connectivity index (χ0v) is 21.2. The number of nitrogens with one attached hydrogen (secondary N) is 2. The summed E-state index contributed by atoms with van der Waals surface area (Å²) in [5.41, 5.74) is 0.893. The van der Waals surface area contributed by atoms with Crippen LogP contribution in [0.3, 0.4) is 0 Å². The van der Waals surface area contributed by atoms with E-state index in [0.717, 1.165) is 38.0 Å². The molecule has 3 amide bonds. The third-order valence-corrected chi connectivity index (χ3v) is 6.25. The minimum absolute atomic E-state index is 0.0261. The Balaban J connectivity index is 1.91. The smallest absolute Gasteiger partial charge is 0.407 e. The molecular formula is C24H39ClN4O5. The number of rotatable bonds is 13. The number of ether oxygens (including phenoxy) is 2. The van der Waals surface area contributed by atoms with Gasteiger partial charge >= 0.3 is 12.1 Å². The molecule has 1 aliphatic rings. The van der Waals surface area contributed by atoms with Crippen molar-refractivity contribution in [1.82, 2.24) is 20.4 Å². The summed E-state index contributed by atoms with van der Waals surface area (Å²) in [6.45, 7) is 3.23. The highest BCUT2D eigenvalue weighted by Crippen LogP contribution is 2.24. The SMILES string of the molecule is CNC[C@H](C[C@H]1CCCOC1)NC(=O)N(C)CC[C@@H](OCCN(C)C(=O)O)c1cccc(Cl)c1. The normalized spacial score (nSPS) is 17.6. The summed E-state index contributed by atoms with van der Waals surface area (Å²) in [4.78, 5) is 26.7. The predicted octanol–water partition coefficient (Wildman–Crippen LogP) is 3.44. The van der Waals surface area contributed by atoms with Gasteiger partial charge in [-0.1, -0.05) is 23.7 Å². The summed E-state index contributed by atoms with van der Waals surface area (Å²) in [5, 5.41) is 16.0. The molecule has 1 aromatic rings. The molecule has 0 aromatic heterocycles. The van der Waals surface area contributed by atoms with E-state index in [4.69, 9.17) is 26.2 Å². The number of carboxylic acid groups (broad SMARTS) is 1. The fraction of sp³-hybridized carbons (Fsp3) is 0.667. The zero-order chi connectivity index (χ0) is 24.9. The summed E-state index contributed by atoms with van der Waals surface area (Å²) in [6.07, 6.45) is 2.30. The van der Waals surface area contributed by atoms with Crippen molar-refractivity contribution >= 4 is 23.7 Å². The van der Waals surface area contributed by atoms with Crippen LogP contribution in [0.4, 0.5) is 9.59 Å². The highest BCUT2D eigenvalue weighted by atomic mass is 35.5. The first-order valence-electron chi connectivity index (χ1n) is 11.8. The number of hydrogen-bond acceptors (Lipinski definition) is 5. The second-order valence-electron chi connectivity index (χ2n) is 8.85. The predicted molar refractivity (Wildman–Crippen MR) is 132 cm³/mol. The summed E-state index contributed by atoms with van der Waals surface area (Å²) < 4.78 is 11.6. The van der Waals surface area contributed by atoms with Crippen molar-refractivity contribution in [2.24, 2.45) is 5.92 Å². The molecule has 1 aliphatic heterocycles. The van der Waals surface area contributed by atoms with Crippen LogP contribution in [0.5, 0.6) is 0 Å². The topological polar surface area (TPSA) is 103 Å². The molecule has 0 saturated carbocycles. The second-order valence-corrected chi connectivity index (χ2v) is 9.29. The van der Waals surface area contributed by atoms with Crippen molar-refractivity contribution in [3.05, 3.63) is 34.9 Å². The van der Waals surface area contributed by atoms with Crippen molar-refractivity contribution in [2.45, 2.75) is 37.8 Å². The van der Waals surface area contributed by atoms with Gasteiger partial charge in [0.1, 0.15) is 0 Å². The highest BCUT2D eigenvalue weighted by Gasteiger charge is 2.22. The molecular weight excluding hydrogens is 460 g/mol. The molecule has 1 aromatic carbocycles. The van der Waals surface area contributed by atoms with Crippen LogP contribution < -0.4 is 10.6 Å². The van der Waals surface area contributed by atoms with Crippen LogP contribution in [-0.4, -0.2) is 93.7 Å². The summed E-state index contributed by atoms with van der Waals surface area (Å²) >= 11 is 6.16. The van der Waals surface area contributed by atoms with Crippen molar-refractivity contribution in [3.63, 3.8) is 0 Å². The maximum atomic E-state index is 12.9. The van der Waals surface area contributed by atoms with E-state index in [1.807, 2.05) is 25.2 Å². The molecule has 1 heterocycles. The van der Waals surface area contributed by atoms with Crippen molar-refractivity contribution < 1.29 is 24.2 Å². The zero-order valence-electron chi connectivity index (χ0n) is 20.5. The van der Waals surface area contributed by atoms with Gasteiger partial charge in [0.25, 0.3) is 0 Å². The number of carbonyl (C=O) groups excluding carboxylic acids is 1. The van der Waals surface area contributed by atoms with Gasteiger partial charge in [-0.2, -0.15) is 0 Å². The summed E-state index contributed by atoms with van der Waals surface area (Å²) in [6, 6.07) is 7.30. The average molecular weight is 499 g/mol. The van der Waals surface area contributed by atoms with Crippen LogP contribution in [0.25, 0.3) is 0 Å². The van der Waals surface area contributed by atoms with Gasteiger partial charge in [0.2, 0.25) is 0 Å². The molecule has 2 rings (SSSR count). The summed E-state index contributed by atoms with van der Waals surface area (Å²) in [7, 11) is 5.15. The van der Waals surface area contributed by atoms with Gasteiger partial charge in [-0.15, -0.1) is 0 Å². The molecule has 9 nitrogen and oxygen atoms in total. The number of urea groups is 1. The molecule has 34 heavy (non-hydrogen) atoms. The number of benzene rings is 1. The highest BCUT2D eigenvalue weighted by molar-refractivity contribution is 6.30. The van der Waals surface area contributed by atoms with Crippen LogP contribution in [0.1, 0.15) is 37.4 Å². The third kappa shape index (κ3) is 10.0. The molecule has 0 spiro atoms. The Labute approximate surface area is 207 Å². The van der Waals surface area contributed by atoms with E-state index in [1.54, 1.807) is 18.0 Å². The minimum atomic E-state index is -1.00. The molecule has 0 bridgehead atoms. The van der Waals surface area contributed by atoms with E-state index in [-0.39, 0.29) is 31.3 Å². The number of amides is 3. The van der Waals surface area contributed by atoms with Crippen molar-refractivity contribution in [2.75, 3.05) is 60.6 Å². The van der Waals surface area contributed by atoms with Gasteiger partial charge in [-0.25, -0.2) is 9.59 Å². The lowest BCUT2D eigenvalue weighted by Crippen LogP contribution is -2.48. The molecule has 3 atom stereocenters. The molecule has 192 valence electrons. The first kappa shape index (κ1) is 28.2. The van der Waals surface area contributed by atoms with E-state index in [1.165, 1.54) is 11.9 Å². The number of carbonyl (C=O) groups is 2. The maximum absolute atomic E-state index is 12.9.